The molecular formula is C18H27N3O3. The number of allylic oxidation sites excluding steroid dienone is 1. The number of ether oxygens (including phenoxy) is 1. The van der Waals surface area contributed by atoms with Crippen LogP contribution in [-0.4, -0.2) is 34.0 Å². The number of hydrogen-bond acceptors (Lipinski definition) is 5. The fourth-order valence-electron chi connectivity index (χ4n) is 1.87. The molecule has 6 nitrogen and oxygen atoms in total. The number of unbranched alkanes of at least 4 members (excludes halogenated alkanes) is 2. The highest BCUT2D eigenvalue weighted by Crippen LogP contribution is 2.07. The molecule has 1 aromatic rings. The number of carbonyl (C=O) groups is 2. The summed E-state index contributed by atoms with van der Waals surface area (Å²) < 4.78 is 5.14. The second kappa shape index (κ2) is 9.80. The van der Waals surface area contributed by atoms with Crippen LogP contribution >= 0.6 is 0 Å². The van der Waals surface area contributed by atoms with Crippen LogP contribution in [-0.2, 0) is 9.53 Å². The van der Waals surface area contributed by atoms with Crippen LogP contribution in [0.4, 0.5) is 4.79 Å². The fraction of sp³-hybridized carbons (Fsp3) is 0.556. The summed E-state index contributed by atoms with van der Waals surface area (Å²) in [5.41, 5.74) is 0.334. The first-order chi connectivity index (χ1) is 11.3. The molecule has 0 unspecified atom stereocenters. The highest BCUT2D eigenvalue weighted by Gasteiger charge is 2.15. The number of hydrogen-bond donors (Lipinski definition) is 1. The number of ketones is 1. The summed E-state index contributed by atoms with van der Waals surface area (Å²) in [7, 11) is 0. The maximum atomic E-state index is 11.8. The second-order valence-corrected chi connectivity index (χ2v) is 6.60. The molecule has 0 atom stereocenters. The van der Waals surface area contributed by atoms with E-state index in [1.54, 1.807) is 24.5 Å². The number of nitrogens with zero attached hydrogens (tertiary/aromatic N) is 2. The molecule has 24 heavy (non-hydrogen) atoms. The van der Waals surface area contributed by atoms with Crippen molar-refractivity contribution >= 4 is 18.0 Å². The molecule has 0 aliphatic carbocycles. The Hall–Kier alpha value is -2.24. The standard InChI is InChI=1S/C18H27N3O3/c1-14-20-12-15(13-21-14)9-10-16(22)8-6-5-7-11-19-17(23)24-18(2,3)4/h9-10,12-13H,5-8,11H2,1-4H3,(H,19,23)/b10-9+. The van der Waals surface area contributed by atoms with E-state index in [4.69, 9.17) is 4.74 Å². The molecule has 6 heteroatoms. The summed E-state index contributed by atoms with van der Waals surface area (Å²) in [6.45, 7) is 7.85. The lowest BCUT2D eigenvalue weighted by Crippen LogP contribution is -2.32. The van der Waals surface area contributed by atoms with Crippen molar-refractivity contribution in [2.45, 2.75) is 59.0 Å². The van der Waals surface area contributed by atoms with Gasteiger partial charge in [-0.1, -0.05) is 6.42 Å². The smallest absolute Gasteiger partial charge is 0.407 e. The van der Waals surface area contributed by atoms with Crippen LogP contribution in [0.2, 0.25) is 0 Å². The molecule has 0 spiro atoms. The zero-order chi connectivity index (χ0) is 18.0. The van der Waals surface area contributed by atoms with Gasteiger partial charge in [0.05, 0.1) is 0 Å². The summed E-state index contributed by atoms with van der Waals surface area (Å²) in [5.74, 6) is 0.786. The van der Waals surface area contributed by atoms with Crippen molar-refractivity contribution in [3.05, 3.63) is 29.9 Å². The molecule has 0 saturated carbocycles. The quantitative estimate of drug-likeness (QED) is 0.582. The number of amides is 1. The van der Waals surface area contributed by atoms with Gasteiger partial charge in [-0.15, -0.1) is 0 Å². The minimum Gasteiger partial charge on any atom is -0.444 e. The molecule has 0 fully saturated rings. The number of nitrogens with one attached hydrogen (secondary N) is 1. The lowest BCUT2D eigenvalue weighted by atomic mass is 10.1. The number of aryl methyl sites for hydroxylation is 1. The van der Waals surface area contributed by atoms with Gasteiger partial charge in [0.1, 0.15) is 11.4 Å². The van der Waals surface area contributed by atoms with E-state index < -0.39 is 11.7 Å². The van der Waals surface area contributed by atoms with E-state index in [9.17, 15) is 9.59 Å². The monoisotopic (exact) mass is 333 g/mol. The molecule has 0 saturated heterocycles. The molecule has 0 bridgehead atoms. The average Bonchev–Trinajstić information content (AvgIpc) is 2.48. The van der Waals surface area contributed by atoms with Crippen molar-refractivity contribution in [1.29, 1.82) is 0 Å². The van der Waals surface area contributed by atoms with E-state index in [-0.39, 0.29) is 5.78 Å². The third kappa shape index (κ3) is 9.71. The first-order valence-electron chi connectivity index (χ1n) is 8.23. The summed E-state index contributed by atoms with van der Waals surface area (Å²) in [6.07, 6.45) is 9.26. The normalized spacial score (nSPS) is 11.5. The molecule has 0 aliphatic heterocycles. The molecule has 1 amide bonds. The maximum absolute atomic E-state index is 11.8. The Morgan fingerprint density at radius 1 is 1.17 bits per heavy atom. The molecule has 0 aliphatic rings. The topological polar surface area (TPSA) is 81.2 Å². The van der Waals surface area contributed by atoms with Crippen molar-refractivity contribution in [2.24, 2.45) is 0 Å². The number of rotatable bonds is 8. The zero-order valence-electron chi connectivity index (χ0n) is 15.0. The number of alkyl carbamates (subject to hydrolysis) is 1. The molecule has 1 N–H and O–H groups in total. The van der Waals surface area contributed by atoms with Crippen LogP contribution < -0.4 is 5.32 Å². The van der Waals surface area contributed by atoms with E-state index in [0.717, 1.165) is 24.8 Å². The van der Waals surface area contributed by atoms with Crippen LogP contribution in [0, 0.1) is 6.92 Å². The molecule has 0 radical (unpaired) electrons. The van der Waals surface area contributed by atoms with Crippen LogP contribution in [0.15, 0.2) is 18.5 Å². The molecule has 132 valence electrons. The van der Waals surface area contributed by atoms with Crippen molar-refractivity contribution in [1.82, 2.24) is 15.3 Å². The Kier molecular flexibility index (Phi) is 8.09. The maximum Gasteiger partial charge on any atom is 0.407 e. The van der Waals surface area contributed by atoms with E-state index in [0.29, 0.717) is 18.8 Å². The van der Waals surface area contributed by atoms with Gasteiger partial charge < -0.3 is 10.1 Å². The largest absolute Gasteiger partial charge is 0.444 e. The van der Waals surface area contributed by atoms with E-state index >= 15 is 0 Å². The number of carbonyl (C=O) groups excluding carboxylic acids is 2. The van der Waals surface area contributed by atoms with Gasteiger partial charge in [0, 0.05) is 30.9 Å². The highest BCUT2D eigenvalue weighted by atomic mass is 16.6. The SMILES string of the molecule is Cc1ncc(/C=C/C(=O)CCCCCNC(=O)OC(C)(C)C)cn1. The lowest BCUT2D eigenvalue weighted by Gasteiger charge is -2.19. The van der Waals surface area contributed by atoms with Gasteiger partial charge in [0.15, 0.2) is 5.78 Å². The molecule has 1 aromatic heterocycles. The van der Waals surface area contributed by atoms with Gasteiger partial charge >= 0.3 is 6.09 Å². The Balaban J connectivity index is 2.11. The Labute approximate surface area is 143 Å². The Morgan fingerprint density at radius 2 is 1.83 bits per heavy atom. The van der Waals surface area contributed by atoms with Crippen molar-refractivity contribution < 1.29 is 14.3 Å². The van der Waals surface area contributed by atoms with E-state index in [1.165, 1.54) is 0 Å². The minimum absolute atomic E-state index is 0.0793. The predicted octanol–water partition coefficient (Wildman–Crippen LogP) is 3.45. The third-order valence-electron chi connectivity index (χ3n) is 3.03. The number of aromatic nitrogens is 2. The molecular weight excluding hydrogens is 306 g/mol. The molecule has 1 heterocycles. The average molecular weight is 333 g/mol. The van der Waals surface area contributed by atoms with Gasteiger partial charge in [0.25, 0.3) is 0 Å². The fourth-order valence-corrected chi connectivity index (χ4v) is 1.87. The summed E-state index contributed by atoms with van der Waals surface area (Å²) in [5, 5.41) is 2.70. The van der Waals surface area contributed by atoms with E-state index in [1.807, 2.05) is 27.7 Å². The van der Waals surface area contributed by atoms with Crippen molar-refractivity contribution in [2.75, 3.05) is 6.54 Å². The summed E-state index contributed by atoms with van der Waals surface area (Å²) in [6, 6.07) is 0. The van der Waals surface area contributed by atoms with Crippen LogP contribution in [0.3, 0.4) is 0 Å². The van der Waals surface area contributed by atoms with Gasteiger partial charge in [-0.05, 0) is 52.7 Å². The first kappa shape index (κ1) is 19.8. The molecule has 1 rings (SSSR count). The minimum atomic E-state index is -0.481. The Bertz CT molecular complexity index is 560. The second-order valence-electron chi connectivity index (χ2n) is 6.60. The van der Waals surface area contributed by atoms with Crippen LogP contribution in [0.5, 0.6) is 0 Å². The van der Waals surface area contributed by atoms with Gasteiger partial charge in [-0.3, -0.25) is 4.79 Å². The zero-order valence-corrected chi connectivity index (χ0v) is 15.0. The van der Waals surface area contributed by atoms with Crippen molar-refractivity contribution in [3.8, 4) is 0 Å². The first-order valence-corrected chi connectivity index (χ1v) is 8.23. The predicted molar refractivity (Wildman–Crippen MR) is 93.5 cm³/mol. The Morgan fingerprint density at radius 3 is 2.46 bits per heavy atom. The lowest BCUT2D eigenvalue weighted by molar-refractivity contribution is -0.114. The third-order valence-corrected chi connectivity index (χ3v) is 3.03. The van der Waals surface area contributed by atoms with Gasteiger partial charge in [-0.2, -0.15) is 0 Å². The molecule has 0 aromatic carbocycles. The van der Waals surface area contributed by atoms with Crippen molar-refractivity contribution in [3.63, 3.8) is 0 Å². The van der Waals surface area contributed by atoms with Crippen LogP contribution in [0.1, 0.15) is 57.8 Å². The highest BCUT2D eigenvalue weighted by molar-refractivity contribution is 5.93. The van der Waals surface area contributed by atoms with E-state index in [2.05, 4.69) is 15.3 Å². The van der Waals surface area contributed by atoms with Gasteiger partial charge in [0.2, 0.25) is 0 Å². The summed E-state index contributed by atoms with van der Waals surface area (Å²) >= 11 is 0. The van der Waals surface area contributed by atoms with Gasteiger partial charge in [-0.25, -0.2) is 14.8 Å². The summed E-state index contributed by atoms with van der Waals surface area (Å²) in [4.78, 5) is 31.3. The van der Waals surface area contributed by atoms with Crippen LogP contribution in [0.25, 0.3) is 6.08 Å².